The highest BCUT2D eigenvalue weighted by Gasteiger charge is 2.22. The van der Waals surface area contributed by atoms with E-state index in [0.29, 0.717) is 18.0 Å². The van der Waals surface area contributed by atoms with Crippen molar-refractivity contribution < 1.29 is 27.4 Å². The van der Waals surface area contributed by atoms with E-state index < -0.39 is 15.9 Å². The molecule has 1 aromatic heterocycles. The second-order valence-corrected chi connectivity index (χ2v) is 8.62. The van der Waals surface area contributed by atoms with E-state index in [1.54, 1.807) is 37.3 Å². The molecule has 2 N–H and O–H groups in total. The number of carbonyl (C=O) groups is 1. The van der Waals surface area contributed by atoms with Crippen molar-refractivity contribution in [1.29, 1.82) is 0 Å². The smallest absolute Gasteiger partial charge is 0.275 e. The van der Waals surface area contributed by atoms with Crippen LogP contribution in [0.3, 0.4) is 0 Å². The second-order valence-electron chi connectivity index (χ2n) is 6.57. The molecule has 1 heterocycles. The zero-order chi connectivity index (χ0) is 24.0. The van der Waals surface area contributed by atoms with E-state index in [9.17, 15) is 13.2 Å². The number of methoxy groups -OCH3 is 2. The Morgan fingerprint density at radius 1 is 1.00 bits per heavy atom. The van der Waals surface area contributed by atoms with Crippen LogP contribution in [0.4, 0.5) is 11.4 Å². The van der Waals surface area contributed by atoms with E-state index >= 15 is 0 Å². The summed E-state index contributed by atoms with van der Waals surface area (Å²) < 4.78 is 44.1. The van der Waals surface area contributed by atoms with Crippen LogP contribution in [0.1, 0.15) is 17.4 Å². The lowest BCUT2D eigenvalue weighted by Crippen LogP contribution is -2.17. The van der Waals surface area contributed by atoms with Crippen molar-refractivity contribution in [2.75, 3.05) is 30.9 Å². The molecular formula is C22H22ClN3O6S. The third-order valence-corrected chi connectivity index (χ3v) is 6.09. The van der Waals surface area contributed by atoms with Crippen LogP contribution in [0.15, 0.2) is 59.5 Å². The number of ether oxygens (including phenoxy) is 3. The number of aromatic nitrogens is 1. The molecule has 0 fully saturated rings. The van der Waals surface area contributed by atoms with Crippen molar-refractivity contribution in [3.63, 3.8) is 0 Å². The van der Waals surface area contributed by atoms with Gasteiger partial charge < -0.3 is 19.5 Å². The number of nitrogens with zero attached hydrogens (tertiary/aromatic N) is 1. The Labute approximate surface area is 196 Å². The lowest BCUT2D eigenvalue weighted by molar-refractivity contribution is 0.102. The maximum absolute atomic E-state index is 13.0. The van der Waals surface area contributed by atoms with Crippen molar-refractivity contribution in [2.45, 2.75) is 11.8 Å². The van der Waals surface area contributed by atoms with Gasteiger partial charge in [-0.15, -0.1) is 0 Å². The number of amides is 1. The third kappa shape index (κ3) is 5.85. The van der Waals surface area contributed by atoms with Crippen LogP contribution in [0.25, 0.3) is 0 Å². The summed E-state index contributed by atoms with van der Waals surface area (Å²) in [6.45, 7) is 2.16. The van der Waals surface area contributed by atoms with E-state index in [4.69, 9.17) is 25.8 Å². The zero-order valence-corrected chi connectivity index (χ0v) is 19.7. The van der Waals surface area contributed by atoms with Gasteiger partial charge in [-0.2, -0.15) is 0 Å². The highest BCUT2D eigenvalue weighted by molar-refractivity contribution is 7.92. The number of rotatable bonds is 9. The first-order valence-corrected chi connectivity index (χ1v) is 11.6. The molecule has 2 aromatic carbocycles. The van der Waals surface area contributed by atoms with Crippen LogP contribution in [0, 0.1) is 0 Å². The molecule has 0 aliphatic carbocycles. The molecule has 0 aliphatic heterocycles. The maximum Gasteiger partial charge on any atom is 0.275 e. The first kappa shape index (κ1) is 24.1. The number of pyridine rings is 1. The van der Waals surface area contributed by atoms with Gasteiger partial charge in [0.25, 0.3) is 15.9 Å². The van der Waals surface area contributed by atoms with E-state index in [1.807, 2.05) is 0 Å². The monoisotopic (exact) mass is 491 g/mol. The molecule has 9 nitrogen and oxygen atoms in total. The average molecular weight is 492 g/mol. The molecule has 0 radical (unpaired) electrons. The van der Waals surface area contributed by atoms with Gasteiger partial charge in [0, 0.05) is 17.4 Å². The molecule has 0 saturated carbocycles. The molecule has 0 saturated heterocycles. The number of halogens is 1. The van der Waals surface area contributed by atoms with Crippen LogP contribution < -0.4 is 24.2 Å². The minimum Gasteiger partial charge on any atom is -0.497 e. The van der Waals surface area contributed by atoms with Gasteiger partial charge in [0.05, 0.1) is 25.8 Å². The van der Waals surface area contributed by atoms with Crippen molar-refractivity contribution in [3.8, 4) is 17.4 Å². The number of sulfonamides is 1. The lowest BCUT2D eigenvalue weighted by atomic mass is 10.2. The first-order valence-electron chi connectivity index (χ1n) is 9.73. The molecule has 33 heavy (non-hydrogen) atoms. The van der Waals surface area contributed by atoms with Crippen molar-refractivity contribution >= 4 is 38.9 Å². The highest BCUT2D eigenvalue weighted by Crippen LogP contribution is 2.30. The van der Waals surface area contributed by atoms with Gasteiger partial charge >= 0.3 is 0 Å². The van der Waals surface area contributed by atoms with Gasteiger partial charge in [-0.25, -0.2) is 13.4 Å². The van der Waals surface area contributed by atoms with Crippen LogP contribution in [-0.4, -0.2) is 40.1 Å². The van der Waals surface area contributed by atoms with Gasteiger partial charge in [-0.3, -0.25) is 9.52 Å². The second kappa shape index (κ2) is 10.4. The number of hydrogen-bond acceptors (Lipinski definition) is 7. The van der Waals surface area contributed by atoms with Gasteiger partial charge in [-0.05, 0) is 55.5 Å². The lowest BCUT2D eigenvalue weighted by Gasteiger charge is -2.14. The van der Waals surface area contributed by atoms with Crippen LogP contribution in [0.5, 0.6) is 17.4 Å². The molecule has 0 unspecified atom stereocenters. The Bertz CT molecular complexity index is 1250. The fraction of sp³-hybridized carbons (Fsp3) is 0.182. The Balaban J connectivity index is 1.88. The Kier molecular flexibility index (Phi) is 7.62. The molecule has 0 bridgehead atoms. The fourth-order valence-corrected chi connectivity index (χ4v) is 4.28. The van der Waals surface area contributed by atoms with Crippen LogP contribution >= 0.6 is 11.6 Å². The average Bonchev–Trinajstić information content (AvgIpc) is 2.80. The summed E-state index contributed by atoms with van der Waals surface area (Å²) in [4.78, 5) is 16.7. The topological polar surface area (TPSA) is 116 Å². The SMILES string of the molecule is CCOc1ccc(Cl)c(C(=O)Nc2ccc(OC)c(S(=O)(=O)Nc3ccc(OC)cc3)c2)n1. The minimum atomic E-state index is -4.05. The normalized spacial score (nSPS) is 10.9. The molecule has 0 aliphatic rings. The Morgan fingerprint density at radius 2 is 1.70 bits per heavy atom. The summed E-state index contributed by atoms with van der Waals surface area (Å²) in [5, 5.41) is 2.73. The summed E-state index contributed by atoms with van der Waals surface area (Å²) in [5.74, 6) is 0.302. The van der Waals surface area contributed by atoms with Crippen molar-refractivity contribution in [3.05, 3.63) is 65.3 Å². The quantitative estimate of drug-likeness (QED) is 0.460. The van der Waals surface area contributed by atoms with Gasteiger partial charge in [-0.1, -0.05) is 11.6 Å². The summed E-state index contributed by atoms with van der Waals surface area (Å²) in [6.07, 6.45) is 0. The van der Waals surface area contributed by atoms with Crippen molar-refractivity contribution in [1.82, 2.24) is 4.98 Å². The standard InChI is InChI=1S/C22H22ClN3O6S/c1-4-32-20-12-10-17(23)21(25-20)22(27)24-15-7-11-18(31-3)19(13-15)33(28,29)26-14-5-8-16(30-2)9-6-14/h5-13,26H,4H2,1-3H3,(H,24,27). The van der Waals surface area contributed by atoms with Crippen molar-refractivity contribution in [2.24, 2.45) is 0 Å². The largest absolute Gasteiger partial charge is 0.497 e. The number of carbonyl (C=O) groups excluding carboxylic acids is 1. The molecule has 0 atom stereocenters. The summed E-state index contributed by atoms with van der Waals surface area (Å²) >= 11 is 6.11. The summed E-state index contributed by atoms with van der Waals surface area (Å²) in [6, 6.07) is 13.6. The highest BCUT2D eigenvalue weighted by atomic mass is 35.5. The zero-order valence-electron chi connectivity index (χ0n) is 18.1. The summed E-state index contributed by atoms with van der Waals surface area (Å²) in [5.41, 5.74) is 0.478. The minimum absolute atomic E-state index is 0.0563. The van der Waals surface area contributed by atoms with Gasteiger partial charge in [0.1, 0.15) is 16.4 Å². The Hall–Kier alpha value is -3.50. The number of nitrogens with one attached hydrogen (secondary N) is 2. The van der Waals surface area contributed by atoms with E-state index in [-0.39, 0.29) is 32.9 Å². The molecule has 3 rings (SSSR count). The van der Waals surface area contributed by atoms with E-state index in [2.05, 4.69) is 15.0 Å². The van der Waals surface area contributed by atoms with Crippen LogP contribution in [-0.2, 0) is 10.0 Å². The number of hydrogen-bond donors (Lipinski definition) is 2. The third-order valence-electron chi connectivity index (χ3n) is 4.38. The van der Waals surface area contributed by atoms with E-state index in [0.717, 1.165) is 0 Å². The van der Waals surface area contributed by atoms with Crippen LogP contribution in [0.2, 0.25) is 5.02 Å². The molecule has 174 valence electrons. The fourth-order valence-electron chi connectivity index (χ4n) is 2.84. The predicted molar refractivity (Wildman–Crippen MR) is 125 cm³/mol. The first-order chi connectivity index (χ1) is 15.8. The van der Waals surface area contributed by atoms with Gasteiger partial charge in [0.2, 0.25) is 5.88 Å². The number of benzene rings is 2. The Morgan fingerprint density at radius 3 is 2.33 bits per heavy atom. The summed E-state index contributed by atoms with van der Waals surface area (Å²) in [7, 11) is -1.19. The molecule has 1 amide bonds. The maximum atomic E-state index is 13.0. The molecule has 0 spiro atoms. The molecule has 3 aromatic rings. The predicted octanol–water partition coefficient (Wildman–Crippen LogP) is 4.20. The molecular weight excluding hydrogens is 470 g/mol. The van der Waals surface area contributed by atoms with Gasteiger partial charge in [0.15, 0.2) is 5.69 Å². The van der Waals surface area contributed by atoms with E-state index in [1.165, 1.54) is 38.5 Å². The number of anilines is 2. The molecule has 11 heteroatoms.